The van der Waals surface area contributed by atoms with E-state index in [0.29, 0.717) is 23.7 Å². The van der Waals surface area contributed by atoms with Crippen molar-refractivity contribution < 1.29 is 13.2 Å². The molecular weight excluding hydrogens is 276 g/mol. The minimum Gasteiger partial charge on any atom is -0.399 e. The van der Waals surface area contributed by atoms with Gasteiger partial charge < -0.3 is 10.5 Å². The second-order valence-corrected chi connectivity index (χ2v) is 7.45. The third kappa shape index (κ3) is 2.82. The van der Waals surface area contributed by atoms with E-state index >= 15 is 0 Å². The van der Waals surface area contributed by atoms with Crippen molar-refractivity contribution in [2.24, 2.45) is 0 Å². The second-order valence-electron chi connectivity index (χ2n) is 5.54. The van der Waals surface area contributed by atoms with Gasteiger partial charge in [0, 0.05) is 18.8 Å². The molecule has 0 bridgehead atoms. The Morgan fingerprint density at radius 2 is 1.75 bits per heavy atom. The molecule has 0 spiro atoms. The lowest BCUT2D eigenvalue weighted by Crippen LogP contribution is -2.48. The van der Waals surface area contributed by atoms with Crippen LogP contribution in [0.2, 0.25) is 0 Å². The van der Waals surface area contributed by atoms with E-state index in [1.165, 1.54) is 4.31 Å². The third-order valence-electron chi connectivity index (χ3n) is 3.65. The van der Waals surface area contributed by atoms with Crippen LogP contribution in [-0.4, -0.2) is 38.0 Å². The summed E-state index contributed by atoms with van der Waals surface area (Å²) < 4.78 is 32.7. The number of sulfonamides is 1. The van der Waals surface area contributed by atoms with Crippen LogP contribution in [0.15, 0.2) is 17.0 Å². The maximum atomic E-state index is 12.8. The highest BCUT2D eigenvalue weighted by molar-refractivity contribution is 7.89. The molecule has 20 heavy (non-hydrogen) atoms. The Hall–Kier alpha value is -1.11. The van der Waals surface area contributed by atoms with Gasteiger partial charge in [0.05, 0.1) is 17.1 Å². The number of rotatable bonds is 2. The minimum absolute atomic E-state index is 0.101. The van der Waals surface area contributed by atoms with Gasteiger partial charge in [0.1, 0.15) is 0 Å². The van der Waals surface area contributed by atoms with Crippen LogP contribution in [0.5, 0.6) is 0 Å². The summed E-state index contributed by atoms with van der Waals surface area (Å²) in [4.78, 5) is 0.302. The zero-order valence-electron chi connectivity index (χ0n) is 12.4. The quantitative estimate of drug-likeness (QED) is 0.843. The Bertz CT molecular complexity index is 603. The summed E-state index contributed by atoms with van der Waals surface area (Å²) in [5.74, 6) is 0. The first-order valence-corrected chi connectivity index (χ1v) is 8.18. The van der Waals surface area contributed by atoms with Gasteiger partial charge in [-0.1, -0.05) is 0 Å². The number of nitrogens with two attached hydrogens (primary N) is 1. The average molecular weight is 298 g/mol. The summed E-state index contributed by atoms with van der Waals surface area (Å²) in [6.07, 6.45) is -0.202. The SMILES string of the molecule is Cc1cc(N)cc(S(=O)(=O)N2C[C@@H](C)O[C@@H](C)C2)c1C. The van der Waals surface area contributed by atoms with Crippen LogP contribution >= 0.6 is 0 Å². The van der Waals surface area contributed by atoms with Crippen molar-refractivity contribution in [2.75, 3.05) is 18.8 Å². The summed E-state index contributed by atoms with van der Waals surface area (Å²) in [6, 6.07) is 3.33. The van der Waals surface area contributed by atoms with Gasteiger partial charge in [-0.25, -0.2) is 8.42 Å². The highest BCUT2D eigenvalue weighted by Crippen LogP contribution is 2.27. The number of benzene rings is 1. The molecular formula is C14H22N2O3S. The lowest BCUT2D eigenvalue weighted by molar-refractivity contribution is -0.0440. The fourth-order valence-electron chi connectivity index (χ4n) is 2.59. The molecule has 6 heteroatoms. The normalized spacial score (nSPS) is 24.8. The van der Waals surface area contributed by atoms with Crippen LogP contribution in [0.4, 0.5) is 5.69 Å². The molecule has 0 aliphatic carbocycles. The van der Waals surface area contributed by atoms with E-state index in [1.54, 1.807) is 12.1 Å². The first-order chi connectivity index (χ1) is 9.21. The van der Waals surface area contributed by atoms with Crippen molar-refractivity contribution in [3.63, 3.8) is 0 Å². The number of nitrogens with zero attached hydrogens (tertiary/aromatic N) is 1. The van der Waals surface area contributed by atoms with Crippen LogP contribution in [0.1, 0.15) is 25.0 Å². The Balaban J connectivity index is 2.45. The standard InChI is InChI=1S/C14H22N2O3S/c1-9-5-13(15)6-14(12(9)4)20(17,18)16-7-10(2)19-11(3)8-16/h5-6,10-11H,7-8,15H2,1-4H3/t10-,11+. The van der Waals surface area contributed by atoms with Gasteiger partial charge in [0.25, 0.3) is 0 Å². The van der Waals surface area contributed by atoms with Gasteiger partial charge in [-0.2, -0.15) is 4.31 Å². The van der Waals surface area contributed by atoms with E-state index in [-0.39, 0.29) is 12.2 Å². The molecule has 0 saturated carbocycles. The number of aryl methyl sites for hydroxylation is 1. The maximum absolute atomic E-state index is 12.8. The topological polar surface area (TPSA) is 72.6 Å². The molecule has 5 nitrogen and oxygen atoms in total. The van der Waals surface area contributed by atoms with Crippen LogP contribution in [-0.2, 0) is 14.8 Å². The smallest absolute Gasteiger partial charge is 0.243 e. The number of hydrogen-bond donors (Lipinski definition) is 1. The van der Waals surface area contributed by atoms with Gasteiger partial charge in [-0.3, -0.25) is 0 Å². The van der Waals surface area contributed by atoms with Crippen molar-refractivity contribution in [3.8, 4) is 0 Å². The van der Waals surface area contributed by atoms with Crippen molar-refractivity contribution in [3.05, 3.63) is 23.3 Å². The Morgan fingerprint density at radius 3 is 2.30 bits per heavy atom. The summed E-state index contributed by atoms with van der Waals surface area (Å²) in [7, 11) is -3.53. The summed E-state index contributed by atoms with van der Waals surface area (Å²) in [5.41, 5.74) is 7.92. The van der Waals surface area contributed by atoms with Crippen LogP contribution in [0.25, 0.3) is 0 Å². The molecule has 1 aromatic rings. The lowest BCUT2D eigenvalue weighted by Gasteiger charge is -2.34. The van der Waals surface area contributed by atoms with E-state index in [1.807, 2.05) is 27.7 Å². The van der Waals surface area contributed by atoms with E-state index in [9.17, 15) is 8.42 Å². The molecule has 1 aromatic carbocycles. The monoisotopic (exact) mass is 298 g/mol. The first-order valence-electron chi connectivity index (χ1n) is 6.74. The van der Waals surface area contributed by atoms with Gasteiger partial charge in [0.15, 0.2) is 0 Å². The van der Waals surface area contributed by atoms with Crippen LogP contribution in [0, 0.1) is 13.8 Å². The first kappa shape index (κ1) is 15.3. The van der Waals surface area contributed by atoms with Gasteiger partial charge in [0.2, 0.25) is 10.0 Å². The summed E-state index contributed by atoms with van der Waals surface area (Å²) in [5, 5.41) is 0. The molecule has 1 saturated heterocycles. The third-order valence-corrected chi connectivity index (χ3v) is 5.60. The molecule has 0 unspecified atom stereocenters. The molecule has 0 aromatic heterocycles. The number of ether oxygens (including phenoxy) is 1. The molecule has 112 valence electrons. The second kappa shape index (κ2) is 5.35. The fourth-order valence-corrected chi connectivity index (χ4v) is 4.51. The molecule has 1 fully saturated rings. The van der Waals surface area contributed by atoms with E-state index < -0.39 is 10.0 Å². The van der Waals surface area contributed by atoms with E-state index in [0.717, 1.165) is 11.1 Å². The Morgan fingerprint density at radius 1 is 1.20 bits per heavy atom. The highest BCUT2D eigenvalue weighted by Gasteiger charge is 2.33. The molecule has 2 N–H and O–H groups in total. The Kier molecular flexibility index (Phi) is 4.09. The Labute approximate surface area is 120 Å². The van der Waals surface area contributed by atoms with E-state index in [4.69, 9.17) is 10.5 Å². The predicted molar refractivity (Wildman–Crippen MR) is 79.1 cm³/mol. The summed E-state index contributed by atoms with van der Waals surface area (Å²) >= 11 is 0. The van der Waals surface area contributed by atoms with Gasteiger partial charge in [-0.15, -0.1) is 0 Å². The largest absolute Gasteiger partial charge is 0.399 e. The van der Waals surface area contributed by atoms with Crippen molar-refractivity contribution >= 4 is 15.7 Å². The van der Waals surface area contributed by atoms with Gasteiger partial charge >= 0.3 is 0 Å². The van der Waals surface area contributed by atoms with Crippen molar-refractivity contribution in [2.45, 2.75) is 44.8 Å². The predicted octanol–water partition coefficient (Wildman–Crippen LogP) is 1.68. The maximum Gasteiger partial charge on any atom is 0.243 e. The minimum atomic E-state index is -3.53. The number of anilines is 1. The molecule has 1 aliphatic heterocycles. The van der Waals surface area contributed by atoms with Gasteiger partial charge in [-0.05, 0) is 51.0 Å². The zero-order chi connectivity index (χ0) is 15.1. The van der Waals surface area contributed by atoms with E-state index in [2.05, 4.69) is 0 Å². The van der Waals surface area contributed by atoms with Crippen molar-refractivity contribution in [1.29, 1.82) is 0 Å². The zero-order valence-corrected chi connectivity index (χ0v) is 13.2. The molecule has 1 heterocycles. The molecule has 0 amide bonds. The van der Waals surface area contributed by atoms with Crippen molar-refractivity contribution in [1.82, 2.24) is 4.31 Å². The highest BCUT2D eigenvalue weighted by atomic mass is 32.2. The lowest BCUT2D eigenvalue weighted by atomic mass is 10.1. The number of nitrogen functional groups attached to an aromatic ring is 1. The van der Waals surface area contributed by atoms with Crippen LogP contribution in [0.3, 0.4) is 0 Å². The fraction of sp³-hybridized carbons (Fsp3) is 0.571. The van der Waals surface area contributed by atoms with Crippen LogP contribution < -0.4 is 5.73 Å². The molecule has 1 aliphatic rings. The molecule has 2 rings (SSSR count). The average Bonchev–Trinajstić information content (AvgIpc) is 2.32. The summed E-state index contributed by atoms with van der Waals surface area (Å²) in [6.45, 7) is 8.20. The number of hydrogen-bond acceptors (Lipinski definition) is 4. The number of morpholine rings is 1. The molecule has 0 radical (unpaired) electrons. The molecule has 2 atom stereocenters.